The third-order valence-corrected chi connectivity index (χ3v) is 4.17. The molecule has 98 valence electrons. The number of pyridine rings is 1. The maximum Gasteiger partial charge on any atom is 0.0505 e. The summed E-state index contributed by atoms with van der Waals surface area (Å²) in [5.74, 6) is 0. The SMILES string of the molecule is CCNC(c1cccnc1)C1CN2CCN1CC2. The zero-order valence-corrected chi connectivity index (χ0v) is 11.0. The lowest BCUT2D eigenvalue weighted by atomic mass is 9.95. The first kappa shape index (κ1) is 12.1. The van der Waals surface area contributed by atoms with Crippen molar-refractivity contribution in [3.8, 4) is 0 Å². The van der Waals surface area contributed by atoms with Crippen LogP contribution in [0.3, 0.4) is 0 Å². The predicted molar refractivity (Wildman–Crippen MR) is 72.5 cm³/mol. The second-order valence-electron chi connectivity index (χ2n) is 5.23. The normalized spacial score (nSPS) is 32.4. The quantitative estimate of drug-likeness (QED) is 0.849. The Labute approximate surface area is 109 Å². The minimum absolute atomic E-state index is 0.409. The number of likely N-dealkylation sites (N-methyl/N-ethyl adjacent to an activating group) is 1. The molecule has 3 fully saturated rings. The van der Waals surface area contributed by atoms with Crippen LogP contribution in [0.15, 0.2) is 24.5 Å². The smallest absolute Gasteiger partial charge is 0.0505 e. The van der Waals surface area contributed by atoms with E-state index in [4.69, 9.17) is 0 Å². The molecule has 0 radical (unpaired) electrons. The Kier molecular flexibility index (Phi) is 3.59. The minimum Gasteiger partial charge on any atom is -0.309 e. The van der Waals surface area contributed by atoms with Gasteiger partial charge in [-0.05, 0) is 18.2 Å². The molecule has 4 heterocycles. The van der Waals surface area contributed by atoms with Crippen LogP contribution in [0.5, 0.6) is 0 Å². The van der Waals surface area contributed by atoms with Crippen molar-refractivity contribution in [1.82, 2.24) is 20.1 Å². The largest absolute Gasteiger partial charge is 0.309 e. The summed E-state index contributed by atoms with van der Waals surface area (Å²) in [4.78, 5) is 9.50. The van der Waals surface area contributed by atoms with Gasteiger partial charge in [0.2, 0.25) is 0 Å². The van der Waals surface area contributed by atoms with Gasteiger partial charge in [-0.1, -0.05) is 13.0 Å². The van der Waals surface area contributed by atoms with E-state index in [-0.39, 0.29) is 0 Å². The highest BCUT2D eigenvalue weighted by Gasteiger charge is 2.36. The average Bonchev–Trinajstić information content (AvgIpc) is 2.47. The molecule has 18 heavy (non-hydrogen) atoms. The van der Waals surface area contributed by atoms with Crippen molar-refractivity contribution in [2.24, 2.45) is 0 Å². The van der Waals surface area contributed by atoms with Gasteiger partial charge in [0, 0.05) is 51.2 Å². The molecule has 2 bridgehead atoms. The number of hydrogen-bond acceptors (Lipinski definition) is 4. The summed E-state index contributed by atoms with van der Waals surface area (Å²) in [7, 11) is 0. The summed E-state index contributed by atoms with van der Waals surface area (Å²) in [6.45, 7) is 9.28. The van der Waals surface area contributed by atoms with E-state index in [0.717, 1.165) is 6.54 Å². The molecule has 2 unspecified atom stereocenters. The summed E-state index contributed by atoms with van der Waals surface area (Å²) >= 11 is 0. The lowest BCUT2D eigenvalue weighted by molar-refractivity contribution is -0.00347. The molecular weight excluding hydrogens is 224 g/mol. The first-order chi connectivity index (χ1) is 8.88. The summed E-state index contributed by atoms with van der Waals surface area (Å²) in [6, 6.07) is 5.23. The van der Waals surface area contributed by atoms with Crippen molar-refractivity contribution in [3.05, 3.63) is 30.1 Å². The second kappa shape index (κ2) is 5.34. The summed E-state index contributed by atoms with van der Waals surface area (Å²) in [5.41, 5.74) is 1.32. The molecule has 3 aliphatic heterocycles. The molecule has 1 aromatic rings. The number of fused-ring (bicyclic) bond motifs is 3. The van der Waals surface area contributed by atoms with Crippen molar-refractivity contribution in [1.29, 1.82) is 0 Å². The molecule has 0 aromatic carbocycles. The van der Waals surface area contributed by atoms with Gasteiger partial charge in [-0.2, -0.15) is 0 Å². The molecule has 0 aliphatic carbocycles. The van der Waals surface area contributed by atoms with E-state index in [2.05, 4.69) is 33.1 Å². The topological polar surface area (TPSA) is 31.4 Å². The van der Waals surface area contributed by atoms with Crippen LogP contribution in [-0.4, -0.2) is 60.1 Å². The highest BCUT2D eigenvalue weighted by molar-refractivity contribution is 5.17. The maximum atomic E-state index is 4.27. The van der Waals surface area contributed by atoms with Crippen molar-refractivity contribution in [2.75, 3.05) is 39.3 Å². The van der Waals surface area contributed by atoms with Crippen LogP contribution in [0.4, 0.5) is 0 Å². The van der Waals surface area contributed by atoms with Crippen LogP contribution in [0.1, 0.15) is 18.5 Å². The molecule has 0 amide bonds. The first-order valence-corrected chi connectivity index (χ1v) is 6.98. The number of rotatable bonds is 4. The van der Waals surface area contributed by atoms with Gasteiger partial charge in [0.25, 0.3) is 0 Å². The molecule has 3 aliphatic rings. The van der Waals surface area contributed by atoms with E-state index >= 15 is 0 Å². The number of aromatic nitrogens is 1. The predicted octanol–water partition coefficient (Wildman–Crippen LogP) is 0.732. The van der Waals surface area contributed by atoms with Gasteiger partial charge < -0.3 is 5.32 Å². The Bertz CT molecular complexity index is 373. The monoisotopic (exact) mass is 246 g/mol. The molecule has 2 atom stereocenters. The second-order valence-corrected chi connectivity index (χ2v) is 5.23. The molecule has 0 spiro atoms. The fourth-order valence-electron chi connectivity index (χ4n) is 3.23. The van der Waals surface area contributed by atoms with Gasteiger partial charge in [-0.3, -0.25) is 14.8 Å². The molecule has 1 aromatic heterocycles. The summed E-state index contributed by atoms with van der Waals surface area (Å²) in [5, 5.41) is 3.65. The van der Waals surface area contributed by atoms with Gasteiger partial charge in [-0.25, -0.2) is 0 Å². The Morgan fingerprint density at radius 3 is 2.78 bits per heavy atom. The van der Waals surface area contributed by atoms with Crippen LogP contribution in [0.2, 0.25) is 0 Å². The zero-order valence-electron chi connectivity index (χ0n) is 11.0. The maximum absolute atomic E-state index is 4.27. The number of hydrogen-bond donors (Lipinski definition) is 1. The fourth-order valence-corrected chi connectivity index (χ4v) is 3.23. The Morgan fingerprint density at radius 1 is 1.39 bits per heavy atom. The van der Waals surface area contributed by atoms with E-state index < -0.39 is 0 Å². The Morgan fingerprint density at radius 2 is 2.22 bits per heavy atom. The van der Waals surface area contributed by atoms with Gasteiger partial charge in [0.15, 0.2) is 0 Å². The van der Waals surface area contributed by atoms with Crippen LogP contribution in [-0.2, 0) is 0 Å². The minimum atomic E-state index is 0.409. The summed E-state index contributed by atoms with van der Waals surface area (Å²) < 4.78 is 0. The van der Waals surface area contributed by atoms with Crippen molar-refractivity contribution in [2.45, 2.75) is 19.0 Å². The highest BCUT2D eigenvalue weighted by atomic mass is 15.4. The van der Waals surface area contributed by atoms with E-state index in [0.29, 0.717) is 12.1 Å². The Balaban J connectivity index is 1.81. The molecule has 4 rings (SSSR count). The zero-order chi connectivity index (χ0) is 12.4. The lowest BCUT2D eigenvalue weighted by Gasteiger charge is -2.50. The average molecular weight is 246 g/mol. The van der Waals surface area contributed by atoms with Crippen molar-refractivity contribution >= 4 is 0 Å². The molecule has 4 heteroatoms. The fraction of sp³-hybridized carbons (Fsp3) is 0.643. The van der Waals surface area contributed by atoms with E-state index in [1.165, 1.54) is 38.3 Å². The summed E-state index contributed by atoms with van der Waals surface area (Å²) in [6.07, 6.45) is 3.86. The van der Waals surface area contributed by atoms with Crippen LogP contribution in [0, 0.1) is 0 Å². The standard InChI is InChI=1S/C14H22N4/c1-2-16-14(12-4-3-5-15-10-12)13-11-17-6-8-18(13)9-7-17/h3-5,10,13-14,16H,2,6-9,11H2,1H3. The van der Waals surface area contributed by atoms with Crippen molar-refractivity contribution in [3.63, 3.8) is 0 Å². The van der Waals surface area contributed by atoms with Gasteiger partial charge >= 0.3 is 0 Å². The molecule has 3 saturated heterocycles. The van der Waals surface area contributed by atoms with E-state index in [1.54, 1.807) is 0 Å². The van der Waals surface area contributed by atoms with Crippen LogP contribution < -0.4 is 5.32 Å². The third-order valence-electron chi connectivity index (χ3n) is 4.17. The molecule has 0 saturated carbocycles. The third kappa shape index (κ3) is 2.28. The van der Waals surface area contributed by atoms with Gasteiger partial charge in [0.05, 0.1) is 6.04 Å². The molecular formula is C14H22N4. The number of piperazine rings is 3. The molecule has 4 nitrogen and oxygen atoms in total. The first-order valence-electron chi connectivity index (χ1n) is 6.98. The number of nitrogens with one attached hydrogen (secondary N) is 1. The van der Waals surface area contributed by atoms with Crippen molar-refractivity contribution < 1.29 is 0 Å². The van der Waals surface area contributed by atoms with E-state index in [1.807, 2.05) is 18.5 Å². The van der Waals surface area contributed by atoms with Gasteiger partial charge in [0.1, 0.15) is 0 Å². The Hall–Kier alpha value is -0.970. The highest BCUT2D eigenvalue weighted by Crippen LogP contribution is 2.26. The van der Waals surface area contributed by atoms with E-state index in [9.17, 15) is 0 Å². The lowest BCUT2D eigenvalue weighted by Crippen LogP contribution is -2.63. The molecule has 1 N–H and O–H groups in total. The van der Waals surface area contributed by atoms with Crippen LogP contribution >= 0.6 is 0 Å². The van der Waals surface area contributed by atoms with Crippen LogP contribution in [0.25, 0.3) is 0 Å². The van der Waals surface area contributed by atoms with Gasteiger partial charge in [-0.15, -0.1) is 0 Å². The number of nitrogens with zero attached hydrogens (tertiary/aromatic N) is 3.